The molecule has 2 nitrogen and oxygen atoms in total. The van der Waals surface area contributed by atoms with E-state index >= 15 is 0 Å². The first kappa shape index (κ1) is 16.0. The van der Waals surface area contributed by atoms with Gasteiger partial charge in [-0.15, -0.1) is 0 Å². The molecule has 0 heterocycles. The maximum Gasteiger partial charge on any atom is 0.0591 e. The average molecular weight is 255 g/mol. The number of nitrogens with one attached hydrogen (secondary N) is 1. The van der Waals surface area contributed by atoms with Crippen molar-refractivity contribution in [1.82, 2.24) is 5.32 Å². The van der Waals surface area contributed by atoms with Crippen LogP contribution in [0.2, 0.25) is 0 Å². The highest BCUT2D eigenvalue weighted by Gasteiger charge is 2.22. The van der Waals surface area contributed by atoms with Gasteiger partial charge in [-0.3, -0.25) is 0 Å². The Bertz CT molecular complexity index is 195. The molecule has 18 heavy (non-hydrogen) atoms. The first-order chi connectivity index (χ1) is 8.59. The Hall–Kier alpha value is -0.0800. The lowest BCUT2D eigenvalue weighted by molar-refractivity contribution is 0.120. The molecule has 0 bridgehead atoms. The van der Waals surface area contributed by atoms with Crippen LogP contribution < -0.4 is 5.32 Å². The Balaban J connectivity index is 1.95. The Labute approximate surface area is 114 Å². The molecular formula is C16H33NO. The van der Waals surface area contributed by atoms with Crippen LogP contribution in [0.25, 0.3) is 0 Å². The molecule has 0 unspecified atom stereocenters. The number of rotatable bonds is 8. The average Bonchev–Trinajstić information content (AvgIpc) is 2.34. The molecule has 1 aliphatic rings. The third-order valence-electron chi connectivity index (χ3n) is 4.23. The van der Waals surface area contributed by atoms with Crippen molar-refractivity contribution >= 4 is 0 Å². The van der Waals surface area contributed by atoms with E-state index in [0.29, 0.717) is 0 Å². The van der Waals surface area contributed by atoms with Crippen LogP contribution in [0.4, 0.5) is 0 Å². The summed E-state index contributed by atoms with van der Waals surface area (Å²) < 4.78 is 5.63. The smallest absolute Gasteiger partial charge is 0.0591 e. The number of ether oxygens (including phenoxy) is 1. The van der Waals surface area contributed by atoms with Crippen LogP contribution in [0.1, 0.15) is 59.8 Å². The minimum atomic E-state index is 0.744. The maximum atomic E-state index is 5.63. The Morgan fingerprint density at radius 1 is 1.00 bits per heavy atom. The molecule has 1 aliphatic carbocycles. The van der Waals surface area contributed by atoms with Gasteiger partial charge in [-0.2, -0.15) is 0 Å². The van der Waals surface area contributed by atoms with E-state index < -0.39 is 0 Å². The summed E-state index contributed by atoms with van der Waals surface area (Å²) in [5.74, 6) is 2.58. The van der Waals surface area contributed by atoms with Crippen LogP contribution in [-0.4, -0.2) is 25.8 Å². The van der Waals surface area contributed by atoms with Gasteiger partial charge in [0.05, 0.1) is 6.61 Å². The standard InChI is InChI=1S/C16H33NO/c1-13(2)9-11-18-12-10-17-16-7-5-15(6-8-16)14(3)4/h13-17H,5-12H2,1-4H3. The van der Waals surface area contributed by atoms with Crippen molar-refractivity contribution in [2.45, 2.75) is 65.8 Å². The topological polar surface area (TPSA) is 21.3 Å². The lowest BCUT2D eigenvalue weighted by atomic mass is 9.80. The summed E-state index contributed by atoms with van der Waals surface area (Å²) in [5, 5.41) is 3.64. The molecule has 0 aromatic rings. The summed E-state index contributed by atoms with van der Waals surface area (Å²) in [4.78, 5) is 0. The second kappa shape index (κ2) is 8.92. The molecule has 0 saturated heterocycles. The lowest BCUT2D eigenvalue weighted by Crippen LogP contribution is -2.36. The quantitative estimate of drug-likeness (QED) is 0.665. The zero-order valence-electron chi connectivity index (χ0n) is 12.9. The molecule has 0 spiro atoms. The molecule has 0 atom stereocenters. The Morgan fingerprint density at radius 2 is 1.67 bits per heavy atom. The molecule has 0 aromatic heterocycles. The van der Waals surface area contributed by atoms with E-state index in [9.17, 15) is 0 Å². The van der Waals surface area contributed by atoms with Gasteiger partial charge in [-0.25, -0.2) is 0 Å². The summed E-state index contributed by atoms with van der Waals surface area (Å²) in [5.41, 5.74) is 0. The number of hydrogen-bond donors (Lipinski definition) is 1. The molecule has 108 valence electrons. The predicted octanol–water partition coefficient (Wildman–Crippen LogP) is 3.85. The van der Waals surface area contributed by atoms with Crippen molar-refractivity contribution in [3.05, 3.63) is 0 Å². The monoisotopic (exact) mass is 255 g/mol. The number of hydrogen-bond acceptors (Lipinski definition) is 2. The van der Waals surface area contributed by atoms with E-state index in [1.54, 1.807) is 0 Å². The van der Waals surface area contributed by atoms with Gasteiger partial charge in [-0.1, -0.05) is 27.7 Å². The van der Waals surface area contributed by atoms with Crippen molar-refractivity contribution in [2.75, 3.05) is 19.8 Å². The molecule has 1 fully saturated rings. The zero-order valence-corrected chi connectivity index (χ0v) is 12.9. The fraction of sp³-hybridized carbons (Fsp3) is 1.00. The summed E-state index contributed by atoms with van der Waals surface area (Å²) >= 11 is 0. The predicted molar refractivity (Wildman–Crippen MR) is 78.9 cm³/mol. The van der Waals surface area contributed by atoms with Gasteiger partial charge in [0, 0.05) is 19.2 Å². The lowest BCUT2D eigenvalue weighted by Gasteiger charge is -2.31. The third-order valence-corrected chi connectivity index (χ3v) is 4.23. The highest BCUT2D eigenvalue weighted by atomic mass is 16.5. The minimum Gasteiger partial charge on any atom is -0.380 e. The van der Waals surface area contributed by atoms with E-state index in [-0.39, 0.29) is 0 Å². The molecule has 1 N–H and O–H groups in total. The highest BCUT2D eigenvalue weighted by molar-refractivity contribution is 4.78. The summed E-state index contributed by atoms with van der Waals surface area (Å²) in [6.07, 6.45) is 6.70. The van der Waals surface area contributed by atoms with Gasteiger partial charge in [-0.05, 0) is 49.9 Å². The van der Waals surface area contributed by atoms with Crippen molar-refractivity contribution in [1.29, 1.82) is 0 Å². The SMILES string of the molecule is CC(C)CCOCCNC1CCC(C(C)C)CC1. The molecule has 1 rings (SSSR count). The van der Waals surface area contributed by atoms with Gasteiger partial charge >= 0.3 is 0 Å². The van der Waals surface area contributed by atoms with Crippen LogP contribution in [0.3, 0.4) is 0 Å². The molecule has 1 saturated carbocycles. The van der Waals surface area contributed by atoms with Gasteiger partial charge in [0.25, 0.3) is 0 Å². The van der Waals surface area contributed by atoms with Crippen molar-refractivity contribution in [2.24, 2.45) is 17.8 Å². The summed E-state index contributed by atoms with van der Waals surface area (Å²) in [6.45, 7) is 12.0. The van der Waals surface area contributed by atoms with Crippen LogP contribution in [0.5, 0.6) is 0 Å². The molecule has 0 amide bonds. The van der Waals surface area contributed by atoms with Crippen molar-refractivity contribution in [3.8, 4) is 0 Å². The second-order valence-electron chi connectivity index (χ2n) is 6.60. The van der Waals surface area contributed by atoms with Crippen LogP contribution in [0.15, 0.2) is 0 Å². The van der Waals surface area contributed by atoms with Crippen molar-refractivity contribution < 1.29 is 4.74 Å². The van der Waals surface area contributed by atoms with Gasteiger partial charge < -0.3 is 10.1 Å². The highest BCUT2D eigenvalue weighted by Crippen LogP contribution is 2.29. The Kier molecular flexibility index (Phi) is 7.92. The first-order valence-electron chi connectivity index (χ1n) is 7.90. The maximum absolute atomic E-state index is 5.63. The van der Waals surface area contributed by atoms with E-state index in [2.05, 4.69) is 33.0 Å². The third kappa shape index (κ3) is 6.75. The summed E-state index contributed by atoms with van der Waals surface area (Å²) in [7, 11) is 0. The van der Waals surface area contributed by atoms with E-state index in [0.717, 1.165) is 43.6 Å². The molecule has 0 aliphatic heterocycles. The fourth-order valence-corrected chi connectivity index (χ4v) is 2.75. The van der Waals surface area contributed by atoms with E-state index in [1.165, 1.54) is 32.1 Å². The molecule has 0 radical (unpaired) electrons. The van der Waals surface area contributed by atoms with Crippen LogP contribution in [0, 0.1) is 17.8 Å². The fourth-order valence-electron chi connectivity index (χ4n) is 2.75. The Morgan fingerprint density at radius 3 is 2.22 bits per heavy atom. The van der Waals surface area contributed by atoms with E-state index in [4.69, 9.17) is 4.74 Å². The van der Waals surface area contributed by atoms with Gasteiger partial charge in [0.15, 0.2) is 0 Å². The van der Waals surface area contributed by atoms with Gasteiger partial charge in [0.1, 0.15) is 0 Å². The van der Waals surface area contributed by atoms with Crippen molar-refractivity contribution in [3.63, 3.8) is 0 Å². The van der Waals surface area contributed by atoms with Crippen LogP contribution in [-0.2, 0) is 4.74 Å². The summed E-state index contributed by atoms with van der Waals surface area (Å²) in [6, 6.07) is 0.744. The first-order valence-corrected chi connectivity index (χ1v) is 7.90. The van der Waals surface area contributed by atoms with Crippen LogP contribution >= 0.6 is 0 Å². The van der Waals surface area contributed by atoms with Gasteiger partial charge in [0.2, 0.25) is 0 Å². The van der Waals surface area contributed by atoms with E-state index in [1.807, 2.05) is 0 Å². The largest absolute Gasteiger partial charge is 0.380 e. The normalized spacial score (nSPS) is 25.0. The minimum absolute atomic E-state index is 0.744. The molecule has 2 heteroatoms. The molecular weight excluding hydrogens is 222 g/mol. The molecule has 0 aromatic carbocycles. The zero-order chi connectivity index (χ0) is 13.4. The second-order valence-corrected chi connectivity index (χ2v) is 6.60.